The van der Waals surface area contributed by atoms with Gasteiger partial charge in [-0.25, -0.2) is 0 Å². The lowest BCUT2D eigenvalue weighted by atomic mass is 9.81. The minimum atomic E-state index is -0.187. The topological polar surface area (TPSA) is 53.2 Å². The highest BCUT2D eigenvalue weighted by Crippen LogP contribution is 2.34. The highest BCUT2D eigenvalue weighted by Gasteiger charge is 2.27. The zero-order valence-corrected chi connectivity index (χ0v) is 13.4. The number of hydrogen-bond donors (Lipinski definition) is 1. The minimum absolute atomic E-state index is 0.0237. The maximum Gasteiger partial charge on any atom is 0.255 e. The van der Waals surface area contributed by atoms with Crippen LogP contribution < -0.4 is 5.56 Å². The molecule has 1 aliphatic carbocycles. The van der Waals surface area contributed by atoms with Crippen LogP contribution in [-0.2, 0) is 0 Å². The van der Waals surface area contributed by atoms with Gasteiger partial charge in [0.1, 0.15) is 0 Å². The predicted octanol–water partition coefficient (Wildman–Crippen LogP) is 3.17. The highest BCUT2D eigenvalue weighted by atomic mass is 16.2. The number of benzene rings is 1. The first-order valence-electron chi connectivity index (χ1n) is 8.16. The predicted molar refractivity (Wildman–Crippen MR) is 90.6 cm³/mol. The fraction of sp³-hybridized carbons (Fsp3) is 0.368. The quantitative estimate of drug-likeness (QED) is 0.946. The molecule has 2 aromatic rings. The van der Waals surface area contributed by atoms with Crippen molar-refractivity contribution in [2.45, 2.75) is 37.6 Å². The van der Waals surface area contributed by atoms with Crippen molar-refractivity contribution in [3.05, 3.63) is 70.1 Å². The summed E-state index contributed by atoms with van der Waals surface area (Å²) in [6.45, 7) is 0. The second-order valence-corrected chi connectivity index (χ2v) is 6.27. The molecule has 0 saturated heterocycles. The van der Waals surface area contributed by atoms with E-state index in [1.54, 1.807) is 6.07 Å². The molecule has 1 aromatic carbocycles. The second kappa shape index (κ2) is 6.82. The van der Waals surface area contributed by atoms with Crippen LogP contribution in [0.5, 0.6) is 0 Å². The van der Waals surface area contributed by atoms with E-state index in [-0.39, 0.29) is 17.5 Å². The lowest BCUT2D eigenvalue weighted by molar-refractivity contribution is 0.0689. The van der Waals surface area contributed by atoms with Crippen molar-refractivity contribution < 1.29 is 4.79 Å². The number of carbonyl (C=O) groups is 1. The Balaban J connectivity index is 1.61. The molecule has 1 saturated carbocycles. The van der Waals surface area contributed by atoms with E-state index in [1.165, 1.54) is 17.8 Å². The van der Waals surface area contributed by atoms with Crippen molar-refractivity contribution in [2.24, 2.45) is 0 Å². The smallest absolute Gasteiger partial charge is 0.255 e. The summed E-state index contributed by atoms with van der Waals surface area (Å²) in [6, 6.07) is 13.9. The molecule has 0 spiro atoms. The van der Waals surface area contributed by atoms with E-state index < -0.39 is 0 Å². The number of aromatic amines is 1. The van der Waals surface area contributed by atoms with Gasteiger partial charge in [0.25, 0.3) is 5.91 Å². The van der Waals surface area contributed by atoms with Crippen LogP contribution in [-0.4, -0.2) is 28.9 Å². The van der Waals surface area contributed by atoms with Gasteiger partial charge in [0, 0.05) is 25.4 Å². The Morgan fingerprint density at radius 1 is 1.04 bits per heavy atom. The third-order valence-electron chi connectivity index (χ3n) is 4.87. The fourth-order valence-corrected chi connectivity index (χ4v) is 3.43. The summed E-state index contributed by atoms with van der Waals surface area (Å²) < 4.78 is 0. The van der Waals surface area contributed by atoms with Gasteiger partial charge < -0.3 is 9.88 Å². The maximum atomic E-state index is 12.5. The van der Waals surface area contributed by atoms with Crippen molar-refractivity contribution in [3.8, 4) is 0 Å². The molecule has 1 amide bonds. The molecule has 3 rings (SSSR count). The number of H-pyrrole nitrogens is 1. The standard InChI is InChI=1S/C19H22N2O2/c1-21(19(23)16-9-12-18(22)20-13-16)17-10-7-15(8-11-17)14-5-3-2-4-6-14/h2-6,9,12-13,15,17H,7-8,10-11H2,1H3,(H,20,22). The van der Waals surface area contributed by atoms with Crippen molar-refractivity contribution in [1.29, 1.82) is 0 Å². The molecule has 1 N–H and O–H groups in total. The van der Waals surface area contributed by atoms with E-state index in [9.17, 15) is 9.59 Å². The highest BCUT2D eigenvalue weighted by molar-refractivity contribution is 5.93. The average Bonchev–Trinajstić information content (AvgIpc) is 2.62. The molecule has 4 heteroatoms. The van der Waals surface area contributed by atoms with Gasteiger partial charge in [0.15, 0.2) is 0 Å². The molecule has 1 aliphatic rings. The normalized spacial score (nSPS) is 20.9. The van der Waals surface area contributed by atoms with Gasteiger partial charge in [-0.05, 0) is 43.2 Å². The lowest BCUT2D eigenvalue weighted by Gasteiger charge is -2.35. The van der Waals surface area contributed by atoms with Crippen LogP contribution in [0.2, 0.25) is 0 Å². The Kier molecular flexibility index (Phi) is 4.60. The maximum absolute atomic E-state index is 12.5. The molecule has 23 heavy (non-hydrogen) atoms. The summed E-state index contributed by atoms with van der Waals surface area (Å²) in [5, 5.41) is 0. The van der Waals surface area contributed by atoms with Gasteiger partial charge >= 0.3 is 0 Å². The molecule has 1 fully saturated rings. The Labute approximate surface area is 136 Å². The molecule has 0 atom stereocenters. The van der Waals surface area contributed by atoms with E-state index in [0.717, 1.165) is 25.7 Å². The summed E-state index contributed by atoms with van der Waals surface area (Å²) in [5.41, 5.74) is 1.76. The first-order chi connectivity index (χ1) is 11.1. The van der Waals surface area contributed by atoms with E-state index in [1.807, 2.05) is 18.0 Å². The van der Waals surface area contributed by atoms with Crippen LogP contribution in [0.1, 0.15) is 47.5 Å². The number of rotatable bonds is 3. The van der Waals surface area contributed by atoms with Gasteiger partial charge in [0.05, 0.1) is 5.56 Å². The van der Waals surface area contributed by atoms with Crippen molar-refractivity contribution in [3.63, 3.8) is 0 Å². The molecular formula is C19H22N2O2. The number of carbonyl (C=O) groups excluding carboxylic acids is 1. The summed E-state index contributed by atoms with van der Waals surface area (Å²) >= 11 is 0. The van der Waals surface area contributed by atoms with Crippen molar-refractivity contribution in [1.82, 2.24) is 9.88 Å². The van der Waals surface area contributed by atoms with Gasteiger partial charge in [0.2, 0.25) is 5.56 Å². The average molecular weight is 310 g/mol. The van der Waals surface area contributed by atoms with Gasteiger partial charge in [-0.2, -0.15) is 0 Å². The van der Waals surface area contributed by atoms with Crippen LogP contribution in [0.4, 0.5) is 0 Å². The van der Waals surface area contributed by atoms with Crippen LogP contribution in [0.3, 0.4) is 0 Å². The van der Waals surface area contributed by atoms with E-state index >= 15 is 0 Å². The van der Waals surface area contributed by atoms with Crippen molar-refractivity contribution >= 4 is 5.91 Å². The number of hydrogen-bond acceptors (Lipinski definition) is 2. The summed E-state index contributed by atoms with van der Waals surface area (Å²) in [4.78, 5) is 28.0. The molecule has 0 bridgehead atoms. The number of amides is 1. The second-order valence-electron chi connectivity index (χ2n) is 6.27. The monoisotopic (exact) mass is 310 g/mol. The summed E-state index contributed by atoms with van der Waals surface area (Å²) in [6.07, 6.45) is 5.75. The van der Waals surface area contributed by atoms with E-state index in [2.05, 4.69) is 29.2 Å². The third-order valence-corrected chi connectivity index (χ3v) is 4.87. The van der Waals surface area contributed by atoms with E-state index in [4.69, 9.17) is 0 Å². The number of pyridine rings is 1. The molecule has 0 aliphatic heterocycles. The zero-order chi connectivity index (χ0) is 16.2. The first kappa shape index (κ1) is 15.5. The number of nitrogens with one attached hydrogen (secondary N) is 1. The van der Waals surface area contributed by atoms with Crippen LogP contribution >= 0.6 is 0 Å². The molecule has 1 heterocycles. The van der Waals surface area contributed by atoms with E-state index in [0.29, 0.717) is 11.5 Å². The first-order valence-corrected chi connectivity index (χ1v) is 8.16. The summed E-state index contributed by atoms with van der Waals surface area (Å²) in [5.74, 6) is 0.577. The van der Waals surface area contributed by atoms with Gasteiger partial charge in [-0.3, -0.25) is 9.59 Å². The summed E-state index contributed by atoms with van der Waals surface area (Å²) in [7, 11) is 1.86. The molecule has 0 radical (unpaired) electrons. The molecule has 120 valence electrons. The van der Waals surface area contributed by atoms with Crippen LogP contribution in [0.15, 0.2) is 53.5 Å². The molecular weight excluding hydrogens is 288 g/mol. The Hall–Kier alpha value is -2.36. The minimum Gasteiger partial charge on any atom is -0.339 e. The Bertz CT molecular complexity index is 695. The van der Waals surface area contributed by atoms with Crippen molar-refractivity contribution in [2.75, 3.05) is 7.05 Å². The Morgan fingerprint density at radius 2 is 1.74 bits per heavy atom. The van der Waals surface area contributed by atoms with Gasteiger partial charge in [-0.1, -0.05) is 30.3 Å². The molecule has 1 aromatic heterocycles. The zero-order valence-electron chi connectivity index (χ0n) is 13.4. The molecule has 0 unspecified atom stereocenters. The number of nitrogens with zero attached hydrogens (tertiary/aromatic N) is 1. The molecule has 4 nitrogen and oxygen atoms in total. The SMILES string of the molecule is CN(C(=O)c1ccc(=O)[nH]c1)C1CCC(c2ccccc2)CC1. The lowest BCUT2D eigenvalue weighted by Crippen LogP contribution is -2.39. The van der Waals surface area contributed by atoms with Crippen LogP contribution in [0.25, 0.3) is 0 Å². The van der Waals surface area contributed by atoms with Gasteiger partial charge in [-0.15, -0.1) is 0 Å². The largest absolute Gasteiger partial charge is 0.339 e. The Morgan fingerprint density at radius 3 is 2.35 bits per heavy atom. The fourth-order valence-electron chi connectivity index (χ4n) is 3.43. The number of aromatic nitrogens is 1. The van der Waals surface area contributed by atoms with Crippen LogP contribution in [0, 0.1) is 0 Å². The third kappa shape index (κ3) is 3.52.